The van der Waals surface area contributed by atoms with Gasteiger partial charge in [0.05, 0.1) is 22.4 Å². The molecule has 1 heterocycles. The van der Waals surface area contributed by atoms with Crippen LogP contribution in [0.4, 0.5) is 38.0 Å². The second-order valence-corrected chi connectivity index (χ2v) is 18.2. The summed E-state index contributed by atoms with van der Waals surface area (Å²) in [4.78, 5) is 29.6. The molecule has 7 N–H and O–H groups in total. The van der Waals surface area contributed by atoms with Crippen LogP contribution in [0.15, 0.2) is 85.9 Å². The Morgan fingerprint density at radius 3 is 2.06 bits per heavy atom. The van der Waals surface area contributed by atoms with Crippen LogP contribution in [-0.2, 0) is 20.2 Å². The fourth-order valence-corrected chi connectivity index (χ4v) is 9.46. The Bertz CT molecular complexity index is 3050. The van der Waals surface area contributed by atoms with Gasteiger partial charge >= 0.3 is 12.1 Å². The summed E-state index contributed by atoms with van der Waals surface area (Å²) < 4.78 is 78.3. The first kappa shape index (κ1) is 45.3. The molecular formula is C45H50N6O9S2. The quantitative estimate of drug-likeness (QED) is 0.0481. The fourth-order valence-electron chi connectivity index (χ4n) is 7.79. The summed E-state index contributed by atoms with van der Waals surface area (Å²) in [6.07, 6.45) is 0.788. The molecule has 326 valence electrons. The van der Waals surface area contributed by atoms with Gasteiger partial charge in [-0.1, -0.05) is 31.2 Å². The van der Waals surface area contributed by atoms with E-state index >= 15 is 0 Å². The molecule has 0 spiro atoms. The standard InChI is InChI=1S/C45H50N6O9S2/c1-10-19-46-44(52)50-40-25(5)20-24(4)39(26(40)6)48-30-15-17-32-35(21-30)60-36-22-31(16-18-33(36)38(32)34-13-11-12-14-37(34)61(54,55)56)49-41-27(7)42(51-45(53)47-23(2)3)29(9)43(28(41)8)62(57,58)59/h11-18,20-23,48H,10,19H2,1-9H3,(H2,46,50,52)(H2,47,51,53)(H,54,55,56)(H,57,58,59). The number of nitrogens with zero attached hydrogens (tertiary/aromatic N) is 1. The zero-order chi connectivity index (χ0) is 45.4. The maximum absolute atomic E-state index is 12.8. The number of anilines is 4. The summed E-state index contributed by atoms with van der Waals surface area (Å²) in [6.45, 7) is 16.5. The van der Waals surface area contributed by atoms with E-state index < -0.39 is 31.2 Å². The van der Waals surface area contributed by atoms with Gasteiger partial charge in [-0.3, -0.25) is 9.11 Å². The number of urea groups is 2. The normalized spacial score (nSPS) is 12.2. The lowest BCUT2D eigenvalue weighted by molar-refractivity contribution is 0.249. The van der Waals surface area contributed by atoms with E-state index in [4.69, 9.17) is 9.41 Å². The second kappa shape index (κ2) is 17.6. The number of carbonyl (C=O) groups is 2. The number of amides is 4. The average molecular weight is 883 g/mol. The minimum Gasteiger partial charge on any atom is -0.456 e. The van der Waals surface area contributed by atoms with Crippen molar-refractivity contribution in [2.45, 2.75) is 84.6 Å². The lowest BCUT2D eigenvalue weighted by Crippen LogP contribution is -2.34. The highest BCUT2D eigenvalue weighted by molar-refractivity contribution is 7.86. The molecule has 62 heavy (non-hydrogen) atoms. The average Bonchev–Trinajstić information content (AvgIpc) is 3.18. The van der Waals surface area contributed by atoms with Gasteiger partial charge in [0.15, 0.2) is 0 Å². The minimum absolute atomic E-state index is 0.132. The largest absolute Gasteiger partial charge is 0.456 e. The van der Waals surface area contributed by atoms with Crippen LogP contribution in [0.25, 0.3) is 33.4 Å². The maximum Gasteiger partial charge on any atom is 0.319 e. The monoisotopic (exact) mass is 882 g/mol. The fraction of sp³-hybridized carbons (Fsp3) is 0.267. The predicted octanol–water partition coefficient (Wildman–Crippen LogP) is 9.59. The summed E-state index contributed by atoms with van der Waals surface area (Å²) >= 11 is 0. The van der Waals surface area contributed by atoms with Crippen LogP contribution in [0.3, 0.4) is 0 Å². The summed E-state index contributed by atoms with van der Waals surface area (Å²) in [5.74, 6) is 0.260. The molecule has 0 aromatic heterocycles. The molecule has 2 aliphatic rings. The van der Waals surface area contributed by atoms with Gasteiger partial charge in [-0.25, -0.2) is 14.6 Å². The van der Waals surface area contributed by atoms with Crippen LogP contribution >= 0.6 is 0 Å². The molecule has 4 aromatic carbocycles. The van der Waals surface area contributed by atoms with Crippen molar-refractivity contribution in [3.05, 3.63) is 105 Å². The molecular weight excluding hydrogens is 833 g/mol. The van der Waals surface area contributed by atoms with E-state index in [2.05, 4.69) is 26.6 Å². The third-order valence-electron chi connectivity index (χ3n) is 10.5. The number of fused-ring (bicyclic) bond motifs is 2. The zero-order valence-corrected chi connectivity index (χ0v) is 37.5. The number of benzene rings is 5. The molecule has 1 aliphatic carbocycles. The van der Waals surface area contributed by atoms with Crippen molar-refractivity contribution in [3.8, 4) is 22.5 Å². The predicted molar refractivity (Wildman–Crippen MR) is 242 cm³/mol. The molecule has 0 saturated heterocycles. The number of hydrogen-bond donors (Lipinski definition) is 7. The van der Waals surface area contributed by atoms with Gasteiger partial charge in [-0.15, -0.1) is 0 Å². The van der Waals surface area contributed by atoms with Crippen molar-refractivity contribution in [2.24, 2.45) is 4.99 Å². The van der Waals surface area contributed by atoms with Crippen LogP contribution in [0.1, 0.15) is 60.6 Å². The molecule has 15 nitrogen and oxygen atoms in total. The Balaban J connectivity index is 1.59. The molecule has 0 bridgehead atoms. The van der Waals surface area contributed by atoms with E-state index in [1.165, 1.54) is 26.0 Å². The number of carbonyl (C=O) groups excluding carboxylic acids is 2. The van der Waals surface area contributed by atoms with Crippen molar-refractivity contribution in [2.75, 3.05) is 22.5 Å². The van der Waals surface area contributed by atoms with Gasteiger partial charge < -0.3 is 31.0 Å². The molecule has 6 rings (SSSR count). The van der Waals surface area contributed by atoms with E-state index in [9.17, 15) is 35.5 Å². The number of aryl methyl sites for hydroxylation is 2. The molecule has 17 heteroatoms. The van der Waals surface area contributed by atoms with E-state index in [-0.39, 0.29) is 50.8 Å². The lowest BCUT2D eigenvalue weighted by Gasteiger charge is -2.21. The topological polar surface area (TPSA) is 229 Å². The first-order valence-electron chi connectivity index (χ1n) is 19.8. The molecule has 0 radical (unpaired) electrons. The summed E-state index contributed by atoms with van der Waals surface area (Å²) in [6, 6.07) is 17.2. The first-order chi connectivity index (χ1) is 29.1. The van der Waals surface area contributed by atoms with Gasteiger partial charge in [0, 0.05) is 58.2 Å². The summed E-state index contributed by atoms with van der Waals surface area (Å²) in [5, 5.41) is 15.5. The third kappa shape index (κ3) is 9.30. The van der Waals surface area contributed by atoms with E-state index in [1.807, 2.05) is 39.8 Å². The van der Waals surface area contributed by atoms with Gasteiger partial charge in [-0.05, 0) is 126 Å². The van der Waals surface area contributed by atoms with Gasteiger partial charge in [-0.2, -0.15) is 16.8 Å². The number of rotatable bonds is 11. The van der Waals surface area contributed by atoms with Crippen LogP contribution in [0, 0.1) is 41.5 Å². The maximum atomic E-state index is 12.8. The van der Waals surface area contributed by atoms with Gasteiger partial charge in [0.25, 0.3) is 20.2 Å². The van der Waals surface area contributed by atoms with E-state index in [1.54, 1.807) is 63.2 Å². The highest BCUT2D eigenvalue weighted by Crippen LogP contribution is 2.44. The molecule has 1 aliphatic heterocycles. The van der Waals surface area contributed by atoms with Crippen molar-refractivity contribution in [1.29, 1.82) is 0 Å². The molecule has 0 saturated carbocycles. The Morgan fingerprint density at radius 2 is 1.40 bits per heavy atom. The van der Waals surface area contributed by atoms with E-state index in [0.717, 1.165) is 28.8 Å². The van der Waals surface area contributed by atoms with E-state index in [0.29, 0.717) is 50.9 Å². The smallest absolute Gasteiger partial charge is 0.319 e. The second-order valence-electron chi connectivity index (χ2n) is 15.5. The number of nitrogens with one attached hydrogen (secondary N) is 5. The van der Waals surface area contributed by atoms with Crippen molar-refractivity contribution >= 4 is 71.7 Å². The molecule has 4 aromatic rings. The number of hydrogen-bond acceptors (Lipinski definition) is 9. The van der Waals surface area contributed by atoms with Crippen LogP contribution in [-0.4, -0.2) is 50.6 Å². The van der Waals surface area contributed by atoms with Crippen molar-refractivity contribution < 1.29 is 39.9 Å². The lowest BCUT2D eigenvalue weighted by atomic mass is 9.93. The summed E-state index contributed by atoms with van der Waals surface area (Å²) in [7, 11) is -9.48. The molecule has 4 amide bonds. The first-order valence-corrected chi connectivity index (χ1v) is 22.7. The van der Waals surface area contributed by atoms with Gasteiger partial charge in [0.2, 0.25) is 0 Å². The molecule has 0 fully saturated rings. The van der Waals surface area contributed by atoms with Crippen LogP contribution in [0.5, 0.6) is 0 Å². The zero-order valence-electron chi connectivity index (χ0n) is 35.9. The summed E-state index contributed by atoms with van der Waals surface area (Å²) in [5.41, 5.74) is 7.13. The van der Waals surface area contributed by atoms with Crippen LogP contribution in [0.2, 0.25) is 0 Å². The Hall–Kier alpha value is -6.27. The molecule has 0 unspecified atom stereocenters. The van der Waals surface area contributed by atoms with Crippen LogP contribution < -0.4 is 31.9 Å². The van der Waals surface area contributed by atoms with Crippen molar-refractivity contribution in [1.82, 2.24) is 10.6 Å². The Kier molecular flexibility index (Phi) is 12.9. The van der Waals surface area contributed by atoms with Crippen molar-refractivity contribution in [3.63, 3.8) is 0 Å². The minimum atomic E-state index is -4.78. The third-order valence-corrected chi connectivity index (χ3v) is 12.5. The Labute approximate surface area is 360 Å². The Morgan fingerprint density at radius 1 is 0.726 bits per heavy atom. The highest BCUT2D eigenvalue weighted by atomic mass is 32.2. The highest BCUT2D eigenvalue weighted by Gasteiger charge is 2.27. The SMILES string of the molecule is CCCNC(=O)Nc1c(C)cc(C)c(Nc2ccc3c(-c4ccccc4S(=O)(=O)O)c4ccc(=Nc5c(C)c(NC(=O)NC(C)C)c(C)c(S(=O)(=O)O)c5C)cc-4oc3c2)c1C. The van der Waals surface area contributed by atoms with Gasteiger partial charge in [0.1, 0.15) is 21.1 Å². The molecule has 0 atom stereocenters.